The third-order valence-electron chi connectivity index (χ3n) is 7.05. The Balaban J connectivity index is 1.31. The van der Waals surface area contributed by atoms with Gasteiger partial charge in [-0.05, 0) is 80.4 Å². The van der Waals surface area contributed by atoms with Gasteiger partial charge in [-0.3, -0.25) is 4.90 Å². The molecule has 0 fully saturated rings. The zero-order chi connectivity index (χ0) is 27.3. The van der Waals surface area contributed by atoms with E-state index in [0.717, 1.165) is 29.5 Å². The van der Waals surface area contributed by atoms with Gasteiger partial charge in [0, 0.05) is 19.5 Å². The Kier molecular flexibility index (Phi) is 8.04. The van der Waals surface area contributed by atoms with Gasteiger partial charge in [-0.25, -0.2) is 4.79 Å². The monoisotopic (exact) mass is 538 g/mol. The molecule has 0 saturated carbocycles. The number of amides is 1. The fourth-order valence-corrected chi connectivity index (χ4v) is 9.61. The molecule has 1 heterocycles. The van der Waals surface area contributed by atoms with Gasteiger partial charge in [0.1, 0.15) is 34.5 Å². The van der Waals surface area contributed by atoms with Crippen LogP contribution in [0.5, 0.6) is 5.75 Å². The highest BCUT2D eigenvalue weighted by atomic mass is 31.2. The van der Waals surface area contributed by atoms with Gasteiger partial charge in [-0.15, -0.1) is 0 Å². The van der Waals surface area contributed by atoms with Crippen LogP contribution in [-0.2, 0) is 17.8 Å². The molecule has 4 nitrogen and oxygen atoms in total. The molecule has 39 heavy (non-hydrogen) atoms. The Morgan fingerprint density at radius 3 is 1.77 bits per heavy atom. The minimum absolute atomic E-state index is 0.274. The normalized spacial score (nSPS) is 13.2. The van der Waals surface area contributed by atoms with Crippen molar-refractivity contribution in [2.75, 3.05) is 12.8 Å². The van der Waals surface area contributed by atoms with Gasteiger partial charge >= 0.3 is 6.09 Å². The van der Waals surface area contributed by atoms with Gasteiger partial charge < -0.3 is 9.47 Å². The molecule has 0 unspecified atom stereocenters. The lowest BCUT2D eigenvalue weighted by Crippen LogP contribution is -2.33. The third-order valence-corrected chi connectivity index (χ3v) is 11.6. The van der Waals surface area contributed by atoms with E-state index in [1.54, 1.807) is 4.90 Å². The predicted molar refractivity (Wildman–Crippen MR) is 162 cm³/mol. The molecule has 0 saturated heterocycles. The second-order valence-electron chi connectivity index (χ2n) is 11.0. The third kappa shape index (κ3) is 6.18. The summed E-state index contributed by atoms with van der Waals surface area (Å²) in [6.45, 7) is 7.43. The van der Waals surface area contributed by atoms with Crippen molar-refractivity contribution in [2.24, 2.45) is 0 Å². The van der Waals surface area contributed by atoms with E-state index < -0.39 is 12.9 Å². The maximum Gasteiger partial charge on any atom is 0.410 e. The summed E-state index contributed by atoms with van der Waals surface area (Å²) in [7, 11) is -1.86. The number of carbonyl (C=O) groups excluding carboxylic acids is 1. The first kappa shape index (κ1) is 27.0. The number of nitrogens with zero attached hydrogens (tertiary/aromatic N) is 1. The molecule has 200 valence electrons. The van der Waals surface area contributed by atoms with Crippen LogP contribution < -0.4 is 20.7 Å². The molecule has 0 bridgehead atoms. The van der Waals surface area contributed by atoms with E-state index in [1.807, 2.05) is 26.8 Å². The topological polar surface area (TPSA) is 38.8 Å². The molecule has 0 spiro atoms. The quantitative estimate of drug-likeness (QED) is 0.185. The molecule has 1 aliphatic heterocycles. The summed E-state index contributed by atoms with van der Waals surface area (Å²) < 4.78 is 11.9. The molecule has 1 aliphatic rings. The number of ether oxygens (including phenoxy) is 2. The fraction of sp³-hybridized carbons (Fsp3) is 0.265. The largest absolute Gasteiger partial charge is 0.493 e. The summed E-state index contributed by atoms with van der Waals surface area (Å²) in [5, 5.41) is 4.17. The highest BCUT2D eigenvalue weighted by Gasteiger charge is 2.44. The summed E-state index contributed by atoms with van der Waals surface area (Å²) in [4.78, 5) is 14.3. The van der Waals surface area contributed by atoms with Crippen LogP contribution in [0.1, 0.15) is 38.3 Å². The average Bonchev–Trinajstić information content (AvgIpc) is 3.38. The van der Waals surface area contributed by atoms with Crippen molar-refractivity contribution in [3.05, 3.63) is 120 Å². The lowest BCUT2D eigenvalue weighted by atomic mass is 10.1. The first-order chi connectivity index (χ1) is 18.8. The molecule has 5 heteroatoms. The van der Waals surface area contributed by atoms with Crippen molar-refractivity contribution < 1.29 is 14.3 Å². The molecule has 0 N–H and O–H groups in total. The van der Waals surface area contributed by atoms with E-state index in [1.165, 1.54) is 15.9 Å². The molecule has 0 atom stereocenters. The van der Waals surface area contributed by atoms with Crippen LogP contribution in [0.4, 0.5) is 4.79 Å². The van der Waals surface area contributed by atoms with Crippen LogP contribution in [0.25, 0.3) is 0 Å². The summed E-state index contributed by atoms with van der Waals surface area (Å²) >= 11 is 0. The van der Waals surface area contributed by atoms with Gasteiger partial charge in [0.25, 0.3) is 0 Å². The van der Waals surface area contributed by atoms with Gasteiger partial charge in [-0.2, -0.15) is 0 Å². The number of carbonyl (C=O) groups is 1. The van der Waals surface area contributed by atoms with Crippen LogP contribution in [0, 0.1) is 0 Å². The summed E-state index contributed by atoms with van der Waals surface area (Å²) in [6.07, 6.45) is 1.67. The van der Waals surface area contributed by atoms with Crippen molar-refractivity contribution in [3.63, 3.8) is 0 Å². The van der Waals surface area contributed by atoms with Crippen LogP contribution in [0.2, 0.25) is 0 Å². The lowest BCUT2D eigenvalue weighted by molar-refractivity contribution is 0.0241. The van der Waals surface area contributed by atoms with Gasteiger partial charge in [0.05, 0.1) is 12.8 Å². The molecule has 0 aliphatic carbocycles. The zero-order valence-corrected chi connectivity index (χ0v) is 23.9. The van der Waals surface area contributed by atoms with Crippen LogP contribution >= 0.6 is 7.26 Å². The number of rotatable bonds is 8. The summed E-state index contributed by atoms with van der Waals surface area (Å²) in [6, 6.07) is 39.0. The first-order valence-corrected chi connectivity index (χ1v) is 15.6. The maximum atomic E-state index is 12.5. The Hall–Kier alpha value is -3.62. The van der Waals surface area contributed by atoms with Crippen molar-refractivity contribution in [2.45, 2.75) is 45.9 Å². The number of benzene rings is 4. The second kappa shape index (κ2) is 11.6. The Morgan fingerprint density at radius 2 is 1.26 bits per heavy atom. The minimum Gasteiger partial charge on any atom is -0.493 e. The van der Waals surface area contributed by atoms with Gasteiger partial charge in [0.15, 0.2) is 0 Å². The number of hydrogen-bond donors (Lipinski definition) is 0. The predicted octanol–water partition coefficient (Wildman–Crippen LogP) is 6.70. The SMILES string of the molecule is CC(C)(C)OC(=O)N1Cc2ccc(OCCC[P+](c3ccccc3)(c3ccccc3)c3ccccc3)cc2C1. The molecule has 4 aromatic carbocycles. The van der Waals surface area contributed by atoms with Crippen LogP contribution in [0.15, 0.2) is 109 Å². The molecule has 5 rings (SSSR count). The molecule has 1 amide bonds. The van der Waals surface area contributed by atoms with E-state index in [9.17, 15) is 4.79 Å². The van der Waals surface area contributed by atoms with Crippen LogP contribution in [-0.4, -0.2) is 29.4 Å². The van der Waals surface area contributed by atoms with E-state index in [4.69, 9.17) is 9.47 Å². The maximum absolute atomic E-state index is 12.5. The van der Waals surface area contributed by atoms with E-state index in [-0.39, 0.29) is 6.09 Å². The lowest BCUT2D eigenvalue weighted by Gasteiger charge is -2.27. The summed E-state index contributed by atoms with van der Waals surface area (Å²) in [5.74, 6) is 0.850. The van der Waals surface area contributed by atoms with Crippen molar-refractivity contribution >= 4 is 29.3 Å². The Morgan fingerprint density at radius 1 is 0.744 bits per heavy atom. The van der Waals surface area contributed by atoms with Crippen molar-refractivity contribution in [1.82, 2.24) is 4.90 Å². The van der Waals surface area contributed by atoms with E-state index >= 15 is 0 Å². The van der Waals surface area contributed by atoms with E-state index in [2.05, 4.69) is 103 Å². The Labute approximate surface area is 232 Å². The molecule has 4 aromatic rings. The Bertz CT molecular complexity index is 1290. The molecular weight excluding hydrogens is 501 g/mol. The molecule has 0 radical (unpaired) electrons. The van der Waals surface area contributed by atoms with Crippen LogP contribution in [0.3, 0.4) is 0 Å². The van der Waals surface area contributed by atoms with Crippen molar-refractivity contribution in [1.29, 1.82) is 0 Å². The highest BCUT2D eigenvalue weighted by molar-refractivity contribution is 7.95. The number of fused-ring (bicyclic) bond motifs is 1. The zero-order valence-electron chi connectivity index (χ0n) is 23.0. The van der Waals surface area contributed by atoms with Gasteiger partial charge in [0.2, 0.25) is 0 Å². The molecule has 0 aromatic heterocycles. The van der Waals surface area contributed by atoms with E-state index in [0.29, 0.717) is 19.7 Å². The average molecular weight is 539 g/mol. The second-order valence-corrected chi connectivity index (χ2v) is 14.6. The fourth-order valence-electron chi connectivity index (χ4n) is 5.29. The highest BCUT2D eigenvalue weighted by Crippen LogP contribution is 2.55. The number of hydrogen-bond acceptors (Lipinski definition) is 3. The first-order valence-electron chi connectivity index (χ1n) is 13.6. The smallest absolute Gasteiger partial charge is 0.410 e. The minimum atomic E-state index is -1.86. The summed E-state index contributed by atoms with van der Waals surface area (Å²) in [5.41, 5.74) is 1.77. The molecular formula is C34H37NO3P+. The van der Waals surface area contributed by atoms with Crippen molar-refractivity contribution in [3.8, 4) is 5.75 Å². The van der Waals surface area contributed by atoms with Gasteiger partial charge in [-0.1, -0.05) is 60.7 Å². The standard InChI is InChI=1S/C34H37NO3P/c1-34(2,3)38-33(36)35-25-27-20-21-29(24-28(27)26-35)37-22-13-23-39(30-14-7-4-8-15-30,31-16-9-5-10-17-31)32-18-11-6-12-19-32/h4-12,14-21,24H,13,22-23,25-26H2,1-3H3/q+1.